The molecule has 1 aliphatic heterocycles. The minimum atomic E-state index is -0.205. The molecule has 5 atom stereocenters. The minimum absolute atomic E-state index is 0.0355. The fraction of sp³-hybridized carbons (Fsp3) is 0.562. The molecule has 2 saturated carbocycles. The lowest BCUT2D eigenvalue weighted by Crippen LogP contribution is -2.28. The van der Waals surface area contributed by atoms with Crippen molar-refractivity contribution < 1.29 is 9.53 Å². The lowest BCUT2D eigenvalue weighted by molar-refractivity contribution is -0.141. The Bertz CT molecular complexity index is 460. The molecule has 0 aromatic rings. The first kappa shape index (κ1) is 11.8. The van der Waals surface area contributed by atoms with Crippen LogP contribution in [0, 0.1) is 23.7 Å². The summed E-state index contributed by atoms with van der Waals surface area (Å²) in [5, 5.41) is 0. The number of ether oxygens (including phenoxy) is 1. The Morgan fingerprint density at radius 1 is 1.22 bits per heavy atom. The molecule has 2 aliphatic carbocycles. The third kappa shape index (κ3) is 1.44. The molecule has 96 valence electrons. The molecule has 3 rings (SSSR count). The zero-order valence-electron chi connectivity index (χ0n) is 10.9. The molecule has 2 nitrogen and oxygen atoms in total. The summed E-state index contributed by atoms with van der Waals surface area (Å²) in [5.41, 5.74) is 3.20. The normalized spacial score (nSPS) is 43.5. The van der Waals surface area contributed by atoms with Gasteiger partial charge in [-0.15, -0.1) is 0 Å². The summed E-state index contributed by atoms with van der Waals surface area (Å²) in [4.78, 5) is 11.7. The van der Waals surface area contributed by atoms with E-state index in [1.54, 1.807) is 0 Å². The Hall–Kier alpha value is -1.31. The summed E-state index contributed by atoms with van der Waals surface area (Å²) in [7, 11) is 0. The van der Waals surface area contributed by atoms with Crippen LogP contribution in [-0.4, -0.2) is 12.1 Å². The summed E-state index contributed by atoms with van der Waals surface area (Å²) in [6, 6.07) is 0. The van der Waals surface area contributed by atoms with Gasteiger partial charge in [-0.3, -0.25) is 0 Å². The first-order chi connectivity index (χ1) is 8.50. The standard InChI is InChI=1S/C16H20O2/c1-8-5-6-12-11(4)16(17)18-15(12)14-10(3)9(2)7-13(8)14/h9,12-15H,1,3-7H2,2H3/t9-,12-,13-,14-,15-/m0/s1. The van der Waals surface area contributed by atoms with Gasteiger partial charge >= 0.3 is 5.97 Å². The number of carbonyl (C=O) groups is 1. The molecule has 0 bridgehead atoms. The van der Waals surface area contributed by atoms with Crippen LogP contribution in [-0.2, 0) is 9.53 Å². The Morgan fingerprint density at radius 3 is 2.67 bits per heavy atom. The lowest BCUT2D eigenvalue weighted by Gasteiger charge is -2.26. The van der Waals surface area contributed by atoms with E-state index >= 15 is 0 Å². The minimum Gasteiger partial charge on any atom is -0.458 e. The van der Waals surface area contributed by atoms with Crippen molar-refractivity contribution >= 4 is 5.97 Å². The van der Waals surface area contributed by atoms with E-state index in [0.29, 0.717) is 17.4 Å². The van der Waals surface area contributed by atoms with Crippen LogP contribution in [0.4, 0.5) is 0 Å². The van der Waals surface area contributed by atoms with Crippen LogP contribution in [0.2, 0.25) is 0 Å². The Labute approximate surface area is 108 Å². The van der Waals surface area contributed by atoms with E-state index in [9.17, 15) is 4.79 Å². The van der Waals surface area contributed by atoms with Crippen molar-refractivity contribution in [3.8, 4) is 0 Å². The Balaban J connectivity index is 2.01. The monoisotopic (exact) mass is 244 g/mol. The molecule has 1 heterocycles. The largest absolute Gasteiger partial charge is 0.458 e. The van der Waals surface area contributed by atoms with Gasteiger partial charge in [-0.2, -0.15) is 0 Å². The van der Waals surface area contributed by atoms with Gasteiger partial charge in [0.1, 0.15) is 6.10 Å². The smallest absolute Gasteiger partial charge is 0.334 e. The zero-order valence-corrected chi connectivity index (χ0v) is 10.9. The second-order valence-corrected chi connectivity index (χ2v) is 6.04. The van der Waals surface area contributed by atoms with Gasteiger partial charge in [0.2, 0.25) is 0 Å². The molecule has 0 aromatic heterocycles. The van der Waals surface area contributed by atoms with Gasteiger partial charge in [-0.05, 0) is 31.1 Å². The molecule has 0 spiro atoms. The maximum Gasteiger partial charge on any atom is 0.334 e. The molecule has 3 aliphatic rings. The van der Waals surface area contributed by atoms with Crippen LogP contribution in [0.3, 0.4) is 0 Å². The van der Waals surface area contributed by atoms with E-state index < -0.39 is 0 Å². The van der Waals surface area contributed by atoms with Crippen molar-refractivity contribution in [3.05, 3.63) is 36.5 Å². The summed E-state index contributed by atoms with van der Waals surface area (Å²) in [6.45, 7) is 14.6. The van der Waals surface area contributed by atoms with Crippen LogP contribution in [0.15, 0.2) is 36.5 Å². The lowest BCUT2D eigenvalue weighted by atomic mass is 9.81. The van der Waals surface area contributed by atoms with Crippen LogP contribution in [0.5, 0.6) is 0 Å². The first-order valence-electron chi connectivity index (χ1n) is 6.76. The predicted octanol–water partition coefficient (Wildman–Crippen LogP) is 3.26. The van der Waals surface area contributed by atoms with Crippen LogP contribution in [0.25, 0.3) is 0 Å². The summed E-state index contributed by atoms with van der Waals surface area (Å²) in [5.74, 6) is 1.18. The number of carbonyl (C=O) groups excluding carboxylic acids is 1. The highest BCUT2D eigenvalue weighted by Gasteiger charge is 2.51. The fourth-order valence-electron chi connectivity index (χ4n) is 3.95. The molecule has 18 heavy (non-hydrogen) atoms. The second kappa shape index (κ2) is 3.84. The van der Waals surface area contributed by atoms with E-state index in [-0.39, 0.29) is 23.9 Å². The number of hydrogen-bond acceptors (Lipinski definition) is 2. The highest BCUT2D eigenvalue weighted by molar-refractivity contribution is 5.91. The average molecular weight is 244 g/mol. The predicted molar refractivity (Wildman–Crippen MR) is 70.8 cm³/mol. The highest BCUT2D eigenvalue weighted by atomic mass is 16.6. The number of allylic oxidation sites excluding steroid dienone is 1. The second-order valence-electron chi connectivity index (χ2n) is 6.04. The van der Waals surface area contributed by atoms with Gasteiger partial charge in [-0.25, -0.2) is 4.79 Å². The van der Waals surface area contributed by atoms with Crippen LogP contribution in [0.1, 0.15) is 26.2 Å². The number of fused-ring (bicyclic) bond motifs is 3. The topological polar surface area (TPSA) is 26.3 Å². The van der Waals surface area contributed by atoms with E-state index in [4.69, 9.17) is 4.74 Å². The van der Waals surface area contributed by atoms with Gasteiger partial charge in [0.15, 0.2) is 0 Å². The SMILES string of the molecule is C=C1[C@@H]2[C@H]3OC(=O)C(=C)[C@@H]3CCC(=C)[C@@H]2C[C@@H]1C. The van der Waals surface area contributed by atoms with E-state index in [0.717, 1.165) is 19.3 Å². The number of hydrogen-bond donors (Lipinski definition) is 0. The highest BCUT2D eigenvalue weighted by Crippen LogP contribution is 2.53. The van der Waals surface area contributed by atoms with Gasteiger partial charge in [0.05, 0.1) is 0 Å². The maximum absolute atomic E-state index is 11.7. The molecule has 0 amide bonds. The summed E-state index contributed by atoms with van der Waals surface area (Å²) in [6.07, 6.45) is 3.00. The maximum atomic E-state index is 11.7. The van der Waals surface area contributed by atoms with E-state index in [1.807, 2.05) is 0 Å². The van der Waals surface area contributed by atoms with Gasteiger partial charge in [0, 0.05) is 17.4 Å². The molecule has 2 heteroatoms. The molecule has 3 fully saturated rings. The van der Waals surface area contributed by atoms with Crippen LogP contribution >= 0.6 is 0 Å². The van der Waals surface area contributed by atoms with Crippen molar-refractivity contribution in [2.45, 2.75) is 32.3 Å². The summed E-state index contributed by atoms with van der Waals surface area (Å²) < 4.78 is 5.60. The molecule has 0 unspecified atom stereocenters. The van der Waals surface area contributed by atoms with Crippen molar-refractivity contribution in [2.24, 2.45) is 23.7 Å². The number of esters is 1. The van der Waals surface area contributed by atoms with Crippen molar-refractivity contribution in [3.63, 3.8) is 0 Å². The molecule has 0 N–H and O–H groups in total. The van der Waals surface area contributed by atoms with Crippen molar-refractivity contribution in [1.29, 1.82) is 0 Å². The van der Waals surface area contributed by atoms with Gasteiger partial charge in [-0.1, -0.05) is 37.8 Å². The Kier molecular flexibility index (Phi) is 2.51. The number of rotatable bonds is 0. The molecule has 1 saturated heterocycles. The fourth-order valence-corrected chi connectivity index (χ4v) is 3.95. The zero-order chi connectivity index (χ0) is 13.0. The third-order valence-corrected chi connectivity index (χ3v) is 5.11. The molecular formula is C16H20O2. The quantitative estimate of drug-likeness (QED) is 0.371. The average Bonchev–Trinajstić information content (AvgIpc) is 2.72. The molecule has 0 aromatic carbocycles. The van der Waals surface area contributed by atoms with E-state index in [2.05, 4.69) is 26.7 Å². The van der Waals surface area contributed by atoms with Crippen LogP contribution < -0.4 is 0 Å². The Morgan fingerprint density at radius 2 is 1.94 bits per heavy atom. The van der Waals surface area contributed by atoms with Crippen molar-refractivity contribution in [1.82, 2.24) is 0 Å². The third-order valence-electron chi connectivity index (χ3n) is 5.11. The van der Waals surface area contributed by atoms with Gasteiger partial charge < -0.3 is 4.74 Å². The van der Waals surface area contributed by atoms with E-state index in [1.165, 1.54) is 11.1 Å². The molecule has 0 radical (unpaired) electrons. The molecular weight excluding hydrogens is 224 g/mol. The summed E-state index contributed by atoms with van der Waals surface area (Å²) >= 11 is 0. The van der Waals surface area contributed by atoms with Gasteiger partial charge in [0.25, 0.3) is 0 Å². The van der Waals surface area contributed by atoms with Crippen molar-refractivity contribution in [2.75, 3.05) is 0 Å². The first-order valence-corrected chi connectivity index (χ1v) is 6.76.